The molecule has 0 saturated heterocycles. The number of rotatable bonds is 6. The molecular weight excluding hydrogens is 364 g/mol. The normalized spacial score (nSPS) is 11.2. The smallest absolute Gasteiger partial charge is 0.253 e. The lowest BCUT2D eigenvalue weighted by Gasteiger charge is -2.13. The number of nitrogens with zero attached hydrogens (tertiary/aromatic N) is 4. The van der Waals surface area contributed by atoms with Crippen LogP contribution in [0.2, 0.25) is 0 Å². The van der Waals surface area contributed by atoms with Crippen molar-refractivity contribution in [3.63, 3.8) is 0 Å². The number of hydrogen-bond acceptors (Lipinski definition) is 3. The summed E-state index contributed by atoms with van der Waals surface area (Å²) in [6, 6.07) is 17.7. The van der Waals surface area contributed by atoms with Crippen LogP contribution in [0.4, 0.5) is 0 Å². The zero-order valence-electron chi connectivity index (χ0n) is 17.0. The van der Waals surface area contributed by atoms with Crippen LogP contribution in [0, 0.1) is 0 Å². The minimum Gasteiger partial charge on any atom is -0.352 e. The summed E-state index contributed by atoms with van der Waals surface area (Å²) in [6.07, 6.45) is 3.68. The van der Waals surface area contributed by atoms with Crippen molar-refractivity contribution >= 4 is 11.9 Å². The first-order valence-corrected chi connectivity index (χ1v) is 9.41. The fourth-order valence-corrected chi connectivity index (χ4v) is 2.80. The Morgan fingerprint density at radius 1 is 1.00 bits per heavy atom. The Kier molecular flexibility index (Phi) is 6.63. The maximum absolute atomic E-state index is 12.0. The average Bonchev–Trinajstić information content (AvgIpc) is 3.29. The van der Waals surface area contributed by atoms with E-state index in [2.05, 4.69) is 32.9 Å². The average molecular weight is 390 g/mol. The molecule has 1 amide bonds. The van der Waals surface area contributed by atoms with Gasteiger partial charge in [0.05, 0.1) is 5.69 Å². The summed E-state index contributed by atoms with van der Waals surface area (Å²) in [5, 5.41) is 10.8. The number of carbonyl (C=O) groups is 1. The van der Waals surface area contributed by atoms with E-state index >= 15 is 0 Å². The van der Waals surface area contributed by atoms with E-state index < -0.39 is 0 Å². The van der Waals surface area contributed by atoms with Gasteiger partial charge in [-0.2, -0.15) is 5.10 Å². The van der Waals surface area contributed by atoms with Gasteiger partial charge in [-0.3, -0.25) is 9.79 Å². The van der Waals surface area contributed by atoms with E-state index in [1.54, 1.807) is 32.2 Å². The maximum Gasteiger partial charge on any atom is 0.253 e. The van der Waals surface area contributed by atoms with Gasteiger partial charge in [0, 0.05) is 52.2 Å². The molecule has 2 aromatic carbocycles. The number of hydrogen-bond donors (Lipinski definition) is 2. The number of guanidine groups is 1. The molecule has 0 unspecified atom stereocenters. The highest BCUT2D eigenvalue weighted by atomic mass is 16.2. The van der Waals surface area contributed by atoms with Gasteiger partial charge < -0.3 is 15.5 Å². The van der Waals surface area contributed by atoms with E-state index in [0.29, 0.717) is 18.7 Å². The maximum atomic E-state index is 12.0. The van der Waals surface area contributed by atoms with Crippen LogP contribution in [0.25, 0.3) is 5.69 Å². The number of nitrogens with one attached hydrogen (secondary N) is 2. The van der Waals surface area contributed by atoms with Gasteiger partial charge in [0.1, 0.15) is 0 Å². The summed E-state index contributed by atoms with van der Waals surface area (Å²) in [6.45, 7) is 1.28. The molecule has 7 nitrogen and oxygen atoms in total. The molecule has 3 aromatic rings. The second kappa shape index (κ2) is 9.54. The number of carbonyl (C=O) groups excluding carboxylic acids is 1. The standard InChI is InChI=1S/C22H26N6O/c1-23-22(24-15-17-5-9-19(10-6-17)21(29)27(2)3)25-16-18-7-11-20(12-8-18)28-14-4-13-26-28/h4-14H,15-16H2,1-3H3,(H2,23,24,25). The van der Waals surface area contributed by atoms with Gasteiger partial charge in [-0.15, -0.1) is 0 Å². The summed E-state index contributed by atoms with van der Waals surface area (Å²) in [4.78, 5) is 17.8. The third-order valence-electron chi connectivity index (χ3n) is 4.46. The van der Waals surface area contributed by atoms with Crippen LogP contribution in [-0.4, -0.2) is 47.7 Å². The Morgan fingerprint density at radius 2 is 1.59 bits per heavy atom. The largest absolute Gasteiger partial charge is 0.352 e. The topological polar surface area (TPSA) is 74.6 Å². The van der Waals surface area contributed by atoms with Gasteiger partial charge in [0.15, 0.2) is 5.96 Å². The second-order valence-electron chi connectivity index (χ2n) is 6.79. The van der Waals surface area contributed by atoms with Crippen LogP contribution in [0.15, 0.2) is 72.0 Å². The number of aromatic nitrogens is 2. The Balaban J connectivity index is 1.50. The number of benzene rings is 2. The predicted octanol–water partition coefficient (Wildman–Crippen LogP) is 2.44. The molecular formula is C22H26N6O. The van der Waals surface area contributed by atoms with Gasteiger partial charge in [-0.1, -0.05) is 24.3 Å². The van der Waals surface area contributed by atoms with Crippen LogP contribution in [0.5, 0.6) is 0 Å². The van der Waals surface area contributed by atoms with Crippen molar-refractivity contribution in [3.05, 3.63) is 83.7 Å². The van der Waals surface area contributed by atoms with E-state index in [1.807, 2.05) is 53.3 Å². The van der Waals surface area contributed by atoms with Gasteiger partial charge in [-0.25, -0.2) is 4.68 Å². The van der Waals surface area contributed by atoms with Crippen LogP contribution in [-0.2, 0) is 13.1 Å². The van der Waals surface area contributed by atoms with Gasteiger partial charge in [0.25, 0.3) is 5.91 Å². The molecule has 0 fully saturated rings. The number of aliphatic imine (C=N–C) groups is 1. The fraction of sp³-hybridized carbons (Fsp3) is 0.227. The molecule has 0 aliphatic carbocycles. The van der Waals surface area contributed by atoms with Crippen LogP contribution in [0.3, 0.4) is 0 Å². The van der Waals surface area contributed by atoms with E-state index in [9.17, 15) is 4.79 Å². The third kappa shape index (κ3) is 5.44. The van der Waals surface area contributed by atoms with Crippen molar-refractivity contribution in [1.29, 1.82) is 0 Å². The van der Waals surface area contributed by atoms with E-state index in [-0.39, 0.29) is 5.91 Å². The monoisotopic (exact) mass is 390 g/mol. The molecule has 0 saturated carbocycles. The first-order valence-electron chi connectivity index (χ1n) is 9.41. The second-order valence-corrected chi connectivity index (χ2v) is 6.79. The molecule has 0 aliphatic heterocycles. The Labute approximate surface area is 171 Å². The molecule has 0 atom stereocenters. The first kappa shape index (κ1) is 20.1. The van der Waals surface area contributed by atoms with E-state index in [4.69, 9.17) is 0 Å². The van der Waals surface area contributed by atoms with Crippen molar-refractivity contribution < 1.29 is 4.79 Å². The molecule has 0 aliphatic rings. The SMILES string of the molecule is CN=C(NCc1ccc(C(=O)N(C)C)cc1)NCc1ccc(-n2cccn2)cc1. The van der Waals surface area contributed by atoms with Gasteiger partial charge in [-0.05, 0) is 41.5 Å². The highest BCUT2D eigenvalue weighted by Crippen LogP contribution is 2.09. The van der Waals surface area contributed by atoms with Crippen molar-refractivity contribution in [1.82, 2.24) is 25.3 Å². The molecule has 1 aromatic heterocycles. The zero-order valence-corrected chi connectivity index (χ0v) is 17.0. The lowest BCUT2D eigenvalue weighted by Crippen LogP contribution is -2.36. The van der Waals surface area contributed by atoms with Crippen LogP contribution < -0.4 is 10.6 Å². The fourth-order valence-electron chi connectivity index (χ4n) is 2.80. The highest BCUT2D eigenvalue weighted by molar-refractivity contribution is 5.93. The summed E-state index contributed by atoms with van der Waals surface area (Å²) in [5.41, 5.74) is 3.93. The minimum atomic E-state index is 0.000519. The van der Waals surface area contributed by atoms with Gasteiger partial charge >= 0.3 is 0 Å². The molecule has 2 N–H and O–H groups in total. The third-order valence-corrected chi connectivity index (χ3v) is 4.46. The van der Waals surface area contributed by atoms with E-state index in [0.717, 1.165) is 22.8 Å². The lowest BCUT2D eigenvalue weighted by atomic mass is 10.1. The van der Waals surface area contributed by atoms with Crippen LogP contribution in [0.1, 0.15) is 21.5 Å². The number of amides is 1. The summed E-state index contributed by atoms with van der Waals surface area (Å²) in [7, 11) is 5.24. The molecule has 1 heterocycles. The Hall–Kier alpha value is -3.61. The minimum absolute atomic E-state index is 0.000519. The van der Waals surface area contributed by atoms with Crippen molar-refractivity contribution in [2.45, 2.75) is 13.1 Å². The van der Waals surface area contributed by atoms with Crippen molar-refractivity contribution in [3.8, 4) is 5.69 Å². The molecule has 7 heteroatoms. The summed E-state index contributed by atoms with van der Waals surface area (Å²) in [5.74, 6) is 0.718. The van der Waals surface area contributed by atoms with Crippen molar-refractivity contribution in [2.24, 2.45) is 4.99 Å². The van der Waals surface area contributed by atoms with Gasteiger partial charge in [0.2, 0.25) is 0 Å². The molecule has 0 bridgehead atoms. The summed E-state index contributed by atoms with van der Waals surface area (Å²) < 4.78 is 1.83. The quantitative estimate of drug-likeness (QED) is 0.501. The highest BCUT2D eigenvalue weighted by Gasteiger charge is 2.07. The van der Waals surface area contributed by atoms with Crippen LogP contribution >= 0.6 is 0 Å². The molecule has 0 spiro atoms. The molecule has 150 valence electrons. The molecule has 0 radical (unpaired) electrons. The summed E-state index contributed by atoms with van der Waals surface area (Å²) >= 11 is 0. The van der Waals surface area contributed by atoms with Crippen molar-refractivity contribution in [2.75, 3.05) is 21.1 Å². The molecule has 29 heavy (non-hydrogen) atoms. The van der Waals surface area contributed by atoms with E-state index in [1.165, 1.54) is 0 Å². The first-order chi connectivity index (χ1) is 14.1. The zero-order chi connectivity index (χ0) is 20.6. The predicted molar refractivity (Wildman–Crippen MR) is 115 cm³/mol. The Morgan fingerprint density at radius 3 is 2.07 bits per heavy atom. The molecule has 3 rings (SSSR count). The lowest BCUT2D eigenvalue weighted by molar-refractivity contribution is 0.0827. The Bertz CT molecular complexity index is 944.